The molecule has 0 unspecified atom stereocenters. The first-order valence-electron chi connectivity index (χ1n) is 7.43. The van der Waals surface area contributed by atoms with Gasteiger partial charge in [0.1, 0.15) is 23.3 Å². The number of carbonyl (C=O) groups excluding carboxylic acids is 1. The minimum absolute atomic E-state index is 0.294. The quantitative estimate of drug-likeness (QED) is 0.637. The summed E-state index contributed by atoms with van der Waals surface area (Å²) in [5.41, 5.74) is 6.54. The molecule has 0 aliphatic heterocycles. The van der Waals surface area contributed by atoms with Crippen LogP contribution in [0.2, 0.25) is 0 Å². The molecule has 0 aliphatic rings. The monoisotopic (exact) mass is 338 g/mol. The maximum atomic E-state index is 12.9. The number of rotatable bonds is 6. The van der Waals surface area contributed by atoms with Crippen molar-refractivity contribution in [1.82, 2.24) is 15.0 Å². The molecule has 3 aromatic rings. The van der Waals surface area contributed by atoms with Crippen LogP contribution in [-0.4, -0.2) is 20.9 Å². The van der Waals surface area contributed by atoms with Gasteiger partial charge >= 0.3 is 0 Å². The molecule has 0 spiro atoms. The van der Waals surface area contributed by atoms with E-state index in [9.17, 15) is 9.18 Å². The van der Waals surface area contributed by atoms with Crippen molar-refractivity contribution < 1.29 is 9.18 Å². The number of carbonyl (C=O) groups is 1. The molecule has 0 saturated heterocycles. The third-order valence-electron chi connectivity index (χ3n) is 3.32. The number of halogens is 1. The van der Waals surface area contributed by atoms with Crippen molar-refractivity contribution in [2.45, 2.75) is 6.54 Å². The summed E-state index contributed by atoms with van der Waals surface area (Å²) in [7, 11) is 0. The predicted molar refractivity (Wildman–Crippen MR) is 91.8 cm³/mol. The zero-order valence-electron chi connectivity index (χ0n) is 13.1. The molecule has 0 aliphatic carbocycles. The van der Waals surface area contributed by atoms with Gasteiger partial charge in [0, 0.05) is 24.5 Å². The van der Waals surface area contributed by atoms with Crippen molar-refractivity contribution in [3.05, 3.63) is 71.9 Å². The first kappa shape index (κ1) is 16.3. The van der Waals surface area contributed by atoms with Crippen LogP contribution in [0.3, 0.4) is 0 Å². The molecule has 0 atom stereocenters. The van der Waals surface area contributed by atoms with Gasteiger partial charge in [-0.2, -0.15) is 0 Å². The molecule has 3 rings (SSSR count). The molecule has 2 aromatic heterocycles. The van der Waals surface area contributed by atoms with Crippen molar-refractivity contribution in [3.8, 4) is 0 Å². The van der Waals surface area contributed by atoms with Crippen molar-refractivity contribution in [2.75, 3.05) is 10.6 Å². The number of nitrogens with zero attached hydrogens (tertiary/aromatic N) is 3. The lowest BCUT2D eigenvalue weighted by Gasteiger charge is -2.11. The van der Waals surface area contributed by atoms with Crippen LogP contribution < -0.4 is 16.4 Å². The number of aromatic nitrogens is 3. The third-order valence-corrected chi connectivity index (χ3v) is 3.32. The van der Waals surface area contributed by atoms with Crippen LogP contribution in [0.15, 0.2) is 55.0 Å². The molecule has 0 fully saturated rings. The second-order valence-corrected chi connectivity index (χ2v) is 5.19. The van der Waals surface area contributed by atoms with Crippen molar-refractivity contribution in [1.29, 1.82) is 0 Å². The van der Waals surface area contributed by atoms with E-state index in [4.69, 9.17) is 5.73 Å². The molecule has 2 heterocycles. The van der Waals surface area contributed by atoms with Gasteiger partial charge in [0.05, 0.1) is 6.20 Å². The molecule has 126 valence electrons. The zero-order chi connectivity index (χ0) is 17.6. The Bertz CT molecular complexity index is 870. The lowest BCUT2D eigenvalue weighted by molar-refractivity contribution is 0.100. The molecular formula is C17H15FN6O. The maximum Gasteiger partial charge on any atom is 0.248 e. The van der Waals surface area contributed by atoms with E-state index < -0.39 is 5.91 Å². The van der Waals surface area contributed by atoms with Crippen molar-refractivity contribution >= 4 is 23.4 Å². The maximum absolute atomic E-state index is 12.9. The van der Waals surface area contributed by atoms with Crippen LogP contribution in [0.1, 0.15) is 15.9 Å². The number of nitrogens with two attached hydrogens (primary N) is 1. The molecule has 0 radical (unpaired) electrons. The molecule has 0 saturated carbocycles. The van der Waals surface area contributed by atoms with Gasteiger partial charge in [0.15, 0.2) is 0 Å². The second kappa shape index (κ2) is 7.35. The number of hydrogen-bond acceptors (Lipinski definition) is 6. The highest BCUT2D eigenvalue weighted by molar-refractivity contribution is 5.94. The Hall–Kier alpha value is -3.55. The lowest BCUT2D eigenvalue weighted by Crippen LogP contribution is -2.13. The fourth-order valence-corrected chi connectivity index (χ4v) is 2.12. The Labute approximate surface area is 143 Å². The van der Waals surface area contributed by atoms with Gasteiger partial charge in [-0.1, -0.05) is 12.1 Å². The molecule has 7 nitrogen and oxygen atoms in total. The molecule has 1 aromatic carbocycles. The van der Waals surface area contributed by atoms with E-state index in [0.29, 0.717) is 29.6 Å². The molecular weight excluding hydrogens is 323 g/mol. The Balaban J connectivity index is 1.80. The highest BCUT2D eigenvalue weighted by Gasteiger charge is 2.08. The highest BCUT2D eigenvalue weighted by Crippen LogP contribution is 2.18. The van der Waals surface area contributed by atoms with Gasteiger partial charge in [0.2, 0.25) is 5.91 Å². The fourth-order valence-electron chi connectivity index (χ4n) is 2.12. The largest absolute Gasteiger partial charge is 0.366 e. The van der Waals surface area contributed by atoms with E-state index in [-0.39, 0.29) is 5.82 Å². The number of pyridine rings is 1. The molecule has 4 N–H and O–H groups in total. The fraction of sp³-hybridized carbons (Fsp3) is 0.0588. The van der Waals surface area contributed by atoms with E-state index in [0.717, 1.165) is 5.56 Å². The summed E-state index contributed by atoms with van der Waals surface area (Å²) in [6.07, 6.45) is 4.62. The number of nitrogens with one attached hydrogen (secondary N) is 2. The van der Waals surface area contributed by atoms with Crippen LogP contribution >= 0.6 is 0 Å². The van der Waals surface area contributed by atoms with Crippen LogP contribution in [0, 0.1) is 5.82 Å². The summed E-state index contributed by atoms with van der Waals surface area (Å²) >= 11 is 0. The van der Waals surface area contributed by atoms with Crippen molar-refractivity contribution in [2.24, 2.45) is 5.73 Å². The first-order chi connectivity index (χ1) is 12.1. The summed E-state index contributed by atoms with van der Waals surface area (Å²) < 4.78 is 12.9. The Morgan fingerprint density at radius 1 is 1.08 bits per heavy atom. The standard InChI is InChI=1S/C17H15FN6O/c18-13-3-1-11(2-4-13)9-22-14-7-12(17(19)25)8-15(23-14)24-16-10-20-5-6-21-16/h1-8,10H,9H2,(H2,19,25)(H2,21,22,23,24). The Morgan fingerprint density at radius 3 is 2.52 bits per heavy atom. The van der Waals surface area contributed by atoms with Gasteiger partial charge in [-0.25, -0.2) is 14.4 Å². The van der Waals surface area contributed by atoms with Crippen molar-refractivity contribution in [3.63, 3.8) is 0 Å². The number of benzene rings is 1. The van der Waals surface area contributed by atoms with E-state index in [1.807, 2.05) is 0 Å². The average molecular weight is 338 g/mol. The van der Waals surface area contributed by atoms with Gasteiger partial charge in [-0.15, -0.1) is 0 Å². The summed E-state index contributed by atoms with van der Waals surface area (Å²) in [6, 6.07) is 9.17. The zero-order valence-corrected chi connectivity index (χ0v) is 13.1. The normalized spacial score (nSPS) is 10.3. The Morgan fingerprint density at radius 2 is 1.84 bits per heavy atom. The summed E-state index contributed by atoms with van der Waals surface area (Å²) in [4.78, 5) is 24.0. The van der Waals surface area contributed by atoms with Crippen LogP contribution in [0.25, 0.3) is 0 Å². The van der Waals surface area contributed by atoms with E-state index >= 15 is 0 Å². The predicted octanol–water partition coefficient (Wildman–Crippen LogP) is 2.47. The smallest absolute Gasteiger partial charge is 0.248 e. The average Bonchev–Trinajstić information content (AvgIpc) is 2.62. The molecule has 1 amide bonds. The van der Waals surface area contributed by atoms with Crippen LogP contribution in [-0.2, 0) is 6.54 Å². The molecule has 25 heavy (non-hydrogen) atoms. The van der Waals surface area contributed by atoms with Gasteiger partial charge in [0.25, 0.3) is 0 Å². The second-order valence-electron chi connectivity index (χ2n) is 5.19. The van der Waals surface area contributed by atoms with Gasteiger partial charge in [-0.3, -0.25) is 9.78 Å². The van der Waals surface area contributed by atoms with Crippen LogP contribution in [0.5, 0.6) is 0 Å². The molecule has 8 heteroatoms. The van der Waals surface area contributed by atoms with Gasteiger partial charge < -0.3 is 16.4 Å². The van der Waals surface area contributed by atoms with E-state index in [2.05, 4.69) is 25.6 Å². The lowest BCUT2D eigenvalue weighted by atomic mass is 10.2. The minimum atomic E-state index is -0.575. The summed E-state index contributed by atoms with van der Waals surface area (Å²) in [6.45, 7) is 0.417. The highest BCUT2D eigenvalue weighted by atomic mass is 19.1. The molecule has 0 bridgehead atoms. The number of anilines is 3. The summed E-state index contributed by atoms with van der Waals surface area (Å²) in [5, 5.41) is 6.05. The topological polar surface area (TPSA) is 106 Å². The van der Waals surface area contributed by atoms with Gasteiger partial charge in [-0.05, 0) is 29.8 Å². The van der Waals surface area contributed by atoms with E-state index in [1.54, 1.807) is 24.4 Å². The SMILES string of the molecule is NC(=O)c1cc(NCc2ccc(F)cc2)nc(Nc2cnccn2)c1. The Kier molecular flexibility index (Phi) is 4.79. The van der Waals surface area contributed by atoms with E-state index in [1.165, 1.54) is 30.6 Å². The number of amides is 1. The van der Waals surface area contributed by atoms with Crippen LogP contribution in [0.4, 0.5) is 21.8 Å². The first-order valence-corrected chi connectivity index (χ1v) is 7.43. The minimum Gasteiger partial charge on any atom is -0.366 e. The number of primary amides is 1. The number of hydrogen-bond donors (Lipinski definition) is 3. The third kappa shape index (κ3) is 4.47. The summed E-state index contributed by atoms with van der Waals surface area (Å²) in [5.74, 6) is 0.467.